The van der Waals surface area contributed by atoms with Crippen molar-refractivity contribution in [2.75, 3.05) is 31.8 Å². The third-order valence-electron chi connectivity index (χ3n) is 10.3. The molecule has 2 bridgehead atoms. The number of nitrogens with zero attached hydrogens (tertiary/aromatic N) is 2. The van der Waals surface area contributed by atoms with E-state index in [1.54, 1.807) is 36.1 Å². The molecule has 0 saturated carbocycles. The number of para-hydroxylation sites is 1. The highest BCUT2D eigenvalue weighted by Gasteiger charge is 2.75. The molecule has 3 fully saturated rings. The minimum absolute atomic E-state index is 0.0549. The van der Waals surface area contributed by atoms with Crippen LogP contribution >= 0.6 is 0 Å². The van der Waals surface area contributed by atoms with Crippen molar-refractivity contribution < 1.29 is 38.5 Å². The fourth-order valence-electron chi connectivity index (χ4n) is 8.13. The van der Waals surface area contributed by atoms with Gasteiger partial charge in [0.15, 0.2) is 0 Å². The van der Waals surface area contributed by atoms with Crippen molar-refractivity contribution >= 4 is 29.4 Å². The van der Waals surface area contributed by atoms with Gasteiger partial charge in [-0.15, -0.1) is 13.2 Å². The Morgan fingerprint density at radius 3 is 2.44 bits per heavy atom. The van der Waals surface area contributed by atoms with Crippen molar-refractivity contribution in [2.45, 2.75) is 82.4 Å². The van der Waals surface area contributed by atoms with Crippen molar-refractivity contribution in [2.24, 2.45) is 11.8 Å². The first kappa shape index (κ1) is 36.9. The lowest BCUT2D eigenvalue weighted by Crippen LogP contribution is -2.58. The smallest absolute Gasteiger partial charge is 0.313 e. The minimum Gasteiger partial charge on any atom is -0.455 e. The van der Waals surface area contributed by atoms with Gasteiger partial charge in [0.1, 0.15) is 17.7 Å². The molecule has 0 aromatic heterocycles. The van der Waals surface area contributed by atoms with Crippen LogP contribution in [0.4, 0.5) is 5.69 Å². The van der Waals surface area contributed by atoms with Crippen LogP contribution in [0.5, 0.6) is 0 Å². The monoisotopic (exact) mass is 687 g/mol. The topological polar surface area (TPSA) is 135 Å². The molecule has 3 amide bonds. The Balaban J connectivity index is 1.52. The van der Waals surface area contributed by atoms with Crippen molar-refractivity contribution in [1.82, 2.24) is 10.2 Å². The number of amides is 3. The predicted molar refractivity (Wildman–Crippen MR) is 188 cm³/mol. The average molecular weight is 688 g/mol. The van der Waals surface area contributed by atoms with Gasteiger partial charge in [-0.05, 0) is 56.7 Å². The lowest BCUT2D eigenvalue weighted by molar-refractivity contribution is -0.163. The number of ether oxygens (including phenoxy) is 3. The molecule has 1 spiro atoms. The lowest BCUT2D eigenvalue weighted by Gasteiger charge is -2.39. The molecule has 0 radical (unpaired) electrons. The quantitative estimate of drug-likeness (QED) is 0.200. The highest BCUT2D eigenvalue weighted by molar-refractivity contribution is 6.05. The zero-order chi connectivity index (χ0) is 36.2. The van der Waals surface area contributed by atoms with Crippen molar-refractivity contribution in [3.05, 3.63) is 90.5 Å². The first-order valence-electron chi connectivity index (χ1n) is 17.3. The minimum atomic E-state index is -1.31. The number of likely N-dealkylation sites (tertiary alicyclic amines) is 1. The van der Waals surface area contributed by atoms with E-state index in [2.05, 4.69) is 18.5 Å². The molecule has 0 aliphatic carbocycles. The Labute approximate surface area is 294 Å². The Kier molecular flexibility index (Phi) is 11.6. The Bertz CT molecular complexity index is 1580. The normalized spacial score (nSPS) is 25.4. The number of aryl methyl sites for hydroxylation is 2. The number of esters is 1. The molecule has 3 aliphatic heterocycles. The third-order valence-corrected chi connectivity index (χ3v) is 10.3. The number of carbonyl (C=O) groups is 4. The number of nitrogens with one attached hydrogen (secondary N) is 1. The van der Waals surface area contributed by atoms with Crippen LogP contribution < -0.4 is 10.2 Å². The summed E-state index contributed by atoms with van der Waals surface area (Å²) in [6, 6.07) is 12.3. The summed E-state index contributed by atoms with van der Waals surface area (Å²) in [7, 11) is 1.50. The second-order valence-corrected chi connectivity index (χ2v) is 13.5. The fraction of sp³-hybridized carbons (Fsp3) is 0.487. The molecule has 3 saturated heterocycles. The zero-order valence-electron chi connectivity index (χ0n) is 29.4. The maximum absolute atomic E-state index is 14.9. The third kappa shape index (κ3) is 6.74. The number of rotatable bonds is 16. The number of benzene rings is 2. The molecule has 3 aliphatic rings. The summed E-state index contributed by atoms with van der Waals surface area (Å²) in [5.41, 5.74) is 1.81. The summed E-state index contributed by atoms with van der Waals surface area (Å²) in [6.45, 7) is 13.0. The molecule has 2 aromatic rings. The second kappa shape index (κ2) is 15.7. The van der Waals surface area contributed by atoms with Gasteiger partial charge >= 0.3 is 5.97 Å². The van der Waals surface area contributed by atoms with Crippen LogP contribution in [0.25, 0.3) is 0 Å². The van der Waals surface area contributed by atoms with E-state index in [0.29, 0.717) is 24.8 Å². The van der Waals surface area contributed by atoms with E-state index in [1.807, 2.05) is 50.2 Å². The van der Waals surface area contributed by atoms with E-state index >= 15 is 0 Å². The molecule has 11 heteroatoms. The number of anilines is 1. The van der Waals surface area contributed by atoms with Crippen LogP contribution in [0.1, 0.15) is 55.4 Å². The molecule has 2 N–H and O–H groups in total. The van der Waals surface area contributed by atoms with Gasteiger partial charge in [-0.3, -0.25) is 19.2 Å². The number of hydrogen-bond donors (Lipinski definition) is 2. The maximum atomic E-state index is 14.9. The molecule has 3 heterocycles. The molecule has 268 valence electrons. The summed E-state index contributed by atoms with van der Waals surface area (Å²) in [5, 5.41) is 13.3. The summed E-state index contributed by atoms with van der Waals surface area (Å²) in [5.74, 6) is -3.73. The van der Waals surface area contributed by atoms with Crippen LogP contribution in [0.15, 0.2) is 73.8 Å². The Morgan fingerprint density at radius 2 is 1.82 bits per heavy atom. The average Bonchev–Trinajstić information content (AvgIpc) is 3.76. The molecule has 2 aromatic carbocycles. The molecular weight excluding hydrogens is 638 g/mol. The number of aliphatic hydroxyl groups is 1. The number of aliphatic hydroxyl groups excluding tert-OH is 1. The summed E-state index contributed by atoms with van der Waals surface area (Å²) < 4.78 is 18.4. The van der Waals surface area contributed by atoms with Gasteiger partial charge in [0.25, 0.3) is 5.91 Å². The highest BCUT2D eigenvalue weighted by atomic mass is 16.6. The zero-order valence-corrected chi connectivity index (χ0v) is 29.4. The van der Waals surface area contributed by atoms with Gasteiger partial charge in [-0.2, -0.15) is 0 Å². The molecular formula is C39H49N3O8. The van der Waals surface area contributed by atoms with Gasteiger partial charge in [0, 0.05) is 25.8 Å². The molecule has 5 rings (SSSR count). The highest BCUT2D eigenvalue weighted by Crippen LogP contribution is 2.59. The number of methoxy groups -OCH3 is 1. The van der Waals surface area contributed by atoms with E-state index in [9.17, 15) is 24.3 Å². The van der Waals surface area contributed by atoms with E-state index in [-0.39, 0.29) is 38.0 Å². The SMILES string of the molecule is C=CCCC(=O)N[C@H](COC)[C@H](OC(=O)[C@@H]1[C@H]2C(=O)N([C@H](C)CO)[C@H](C(=O)N(CC=C)c3c(C)cccc3C)[C@]23CC[C@H]1O3)c1ccccc1. The standard InChI is InChI=1S/C39H49N3O8/c1-7-9-18-30(44)40-28(23-48-6)34(27-16-11-10-12-17-27)49-38(47)31-29-19-20-39(50-29)32(31)36(45)42(26(5)22-43)35(39)37(46)41(21-8-2)33-24(3)14-13-15-25(33)4/h7-8,10-17,26,28-29,31-32,34-35,43H,1-2,9,18-23H2,3-6H3,(H,40,44)/t26-,28-,29-,31+,32+,34-,35-,39+/m1/s1. The van der Waals surface area contributed by atoms with E-state index in [4.69, 9.17) is 14.2 Å². The van der Waals surface area contributed by atoms with Crippen LogP contribution in [0.3, 0.4) is 0 Å². The second-order valence-electron chi connectivity index (χ2n) is 13.5. The summed E-state index contributed by atoms with van der Waals surface area (Å²) in [4.78, 5) is 59.7. The van der Waals surface area contributed by atoms with Gasteiger partial charge in [0.2, 0.25) is 11.8 Å². The van der Waals surface area contributed by atoms with E-state index < -0.39 is 59.6 Å². The molecule has 11 nitrogen and oxygen atoms in total. The first-order valence-corrected chi connectivity index (χ1v) is 17.3. The maximum Gasteiger partial charge on any atom is 0.313 e. The van der Waals surface area contributed by atoms with Crippen molar-refractivity contribution in [3.63, 3.8) is 0 Å². The number of fused-ring (bicyclic) bond motifs is 1. The van der Waals surface area contributed by atoms with Crippen LogP contribution in [0, 0.1) is 25.7 Å². The van der Waals surface area contributed by atoms with Crippen LogP contribution in [-0.2, 0) is 33.4 Å². The first-order chi connectivity index (χ1) is 24.0. The summed E-state index contributed by atoms with van der Waals surface area (Å²) in [6.07, 6.45) is 3.19. The largest absolute Gasteiger partial charge is 0.455 e. The van der Waals surface area contributed by atoms with Crippen LogP contribution in [0.2, 0.25) is 0 Å². The number of allylic oxidation sites excluding steroid dienone is 1. The molecule has 0 unspecified atom stereocenters. The fourth-order valence-corrected chi connectivity index (χ4v) is 8.13. The van der Waals surface area contributed by atoms with Crippen LogP contribution in [-0.4, -0.2) is 90.4 Å². The lowest BCUT2D eigenvalue weighted by atomic mass is 9.70. The van der Waals surface area contributed by atoms with E-state index in [0.717, 1.165) is 16.8 Å². The number of carbonyl (C=O) groups excluding carboxylic acids is 4. The van der Waals surface area contributed by atoms with Gasteiger partial charge in [0.05, 0.1) is 43.2 Å². The number of hydrogen-bond acceptors (Lipinski definition) is 8. The summed E-state index contributed by atoms with van der Waals surface area (Å²) >= 11 is 0. The predicted octanol–water partition coefficient (Wildman–Crippen LogP) is 3.96. The molecule has 8 atom stereocenters. The van der Waals surface area contributed by atoms with Gasteiger partial charge in [-0.1, -0.05) is 60.7 Å². The van der Waals surface area contributed by atoms with Gasteiger partial charge < -0.3 is 34.4 Å². The van der Waals surface area contributed by atoms with Crippen molar-refractivity contribution in [3.8, 4) is 0 Å². The van der Waals surface area contributed by atoms with E-state index in [1.165, 1.54) is 12.0 Å². The van der Waals surface area contributed by atoms with Gasteiger partial charge in [-0.25, -0.2) is 0 Å². The Hall–Kier alpha value is -4.32. The molecule has 50 heavy (non-hydrogen) atoms. The van der Waals surface area contributed by atoms with Crippen molar-refractivity contribution in [1.29, 1.82) is 0 Å². The Morgan fingerprint density at radius 1 is 1.12 bits per heavy atom.